The van der Waals surface area contributed by atoms with Gasteiger partial charge in [-0.25, -0.2) is 0 Å². The van der Waals surface area contributed by atoms with Crippen molar-refractivity contribution in [3.05, 3.63) is 48.0 Å². The van der Waals surface area contributed by atoms with Gasteiger partial charge in [-0.2, -0.15) is 0 Å². The molecule has 0 radical (unpaired) electrons. The van der Waals surface area contributed by atoms with Crippen LogP contribution >= 0.6 is 0 Å². The van der Waals surface area contributed by atoms with Gasteiger partial charge < -0.3 is 5.11 Å². The smallest absolute Gasteiger partial charge is 0.0626 e. The standard InChI is InChI=1S/C12H15NO/c1-2-3-11-4-6-12(7-5-11)10-13-8-9-14/h2,4-7,10,14H,1,3,8-9H2. The van der Waals surface area contributed by atoms with Crippen LogP contribution in [0.3, 0.4) is 0 Å². The summed E-state index contributed by atoms with van der Waals surface area (Å²) in [5.41, 5.74) is 2.31. The summed E-state index contributed by atoms with van der Waals surface area (Å²) >= 11 is 0. The van der Waals surface area contributed by atoms with Gasteiger partial charge in [0.2, 0.25) is 0 Å². The second kappa shape index (κ2) is 6.11. The third kappa shape index (κ3) is 3.54. The van der Waals surface area contributed by atoms with Crippen LogP contribution in [0.15, 0.2) is 41.9 Å². The van der Waals surface area contributed by atoms with Crippen molar-refractivity contribution in [2.24, 2.45) is 4.99 Å². The second-order valence-corrected chi connectivity index (χ2v) is 2.99. The molecule has 0 spiro atoms. The Morgan fingerprint density at radius 2 is 2.00 bits per heavy atom. The van der Waals surface area contributed by atoms with E-state index in [9.17, 15) is 0 Å². The molecule has 1 rings (SSSR count). The number of allylic oxidation sites excluding steroid dienone is 1. The first-order chi connectivity index (χ1) is 6.86. The Bertz CT molecular complexity index is 301. The van der Waals surface area contributed by atoms with E-state index in [1.807, 2.05) is 18.2 Å². The first kappa shape index (κ1) is 10.7. The van der Waals surface area contributed by atoms with Crippen LogP contribution in [0, 0.1) is 0 Å². The third-order valence-corrected chi connectivity index (χ3v) is 1.83. The summed E-state index contributed by atoms with van der Waals surface area (Å²) in [7, 11) is 0. The Morgan fingerprint density at radius 1 is 1.29 bits per heavy atom. The zero-order valence-electron chi connectivity index (χ0n) is 8.19. The average molecular weight is 189 g/mol. The number of aliphatic hydroxyl groups is 1. The highest BCUT2D eigenvalue weighted by atomic mass is 16.3. The maximum absolute atomic E-state index is 8.53. The molecule has 0 saturated heterocycles. The van der Waals surface area contributed by atoms with Crippen molar-refractivity contribution in [3.8, 4) is 0 Å². The normalized spacial score (nSPS) is 10.6. The first-order valence-electron chi connectivity index (χ1n) is 4.67. The van der Waals surface area contributed by atoms with Crippen molar-refractivity contribution < 1.29 is 5.11 Å². The average Bonchev–Trinajstić information content (AvgIpc) is 2.21. The summed E-state index contributed by atoms with van der Waals surface area (Å²) in [6, 6.07) is 8.14. The third-order valence-electron chi connectivity index (χ3n) is 1.83. The van der Waals surface area contributed by atoms with E-state index < -0.39 is 0 Å². The topological polar surface area (TPSA) is 32.6 Å². The largest absolute Gasteiger partial charge is 0.394 e. The SMILES string of the molecule is C=CCc1ccc(C=NCCO)cc1. The summed E-state index contributed by atoms with van der Waals surface area (Å²) in [4.78, 5) is 4.04. The van der Waals surface area contributed by atoms with Crippen molar-refractivity contribution in [1.29, 1.82) is 0 Å². The molecule has 0 aromatic heterocycles. The van der Waals surface area contributed by atoms with Crippen LogP contribution in [0.1, 0.15) is 11.1 Å². The van der Waals surface area contributed by atoms with Crippen molar-refractivity contribution >= 4 is 6.21 Å². The van der Waals surface area contributed by atoms with E-state index in [0.29, 0.717) is 6.54 Å². The van der Waals surface area contributed by atoms with Gasteiger partial charge in [-0.1, -0.05) is 30.3 Å². The van der Waals surface area contributed by atoms with Crippen molar-refractivity contribution in [2.45, 2.75) is 6.42 Å². The van der Waals surface area contributed by atoms with E-state index in [-0.39, 0.29) is 6.61 Å². The van der Waals surface area contributed by atoms with Crippen LogP contribution in [0.2, 0.25) is 0 Å². The van der Waals surface area contributed by atoms with Gasteiger partial charge in [0.25, 0.3) is 0 Å². The van der Waals surface area contributed by atoms with E-state index in [1.165, 1.54) is 5.56 Å². The van der Waals surface area contributed by atoms with Crippen LogP contribution in [0.5, 0.6) is 0 Å². The van der Waals surface area contributed by atoms with Crippen LogP contribution < -0.4 is 0 Å². The molecular formula is C12H15NO. The van der Waals surface area contributed by atoms with Crippen molar-refractivity contribution in [1.82, 2.24) is 0 Å². The van der Waals surface area contributed by atoms with E-state index in [2.05, 4.69) is 23.7 Å². The summed E-state index contributed by atoms with van der Waals surface area (Å²) in [5.74, 6) is 0. The lowest BCUT2D eigenvalue weighted by atomic mass is 10.1. The molecule has 0 aliphatic heterocycles. The van der Waals surface area contributed by atoms with Crippen molar-refractivity contribution in [3.63, 3.8) is 0 Å². The molecule has 0 bridgehead atoms. The number of rotatable bonds is 5. The molecule has 2 nitrogen and oxygen atoms in total. The summed E-state index contributed by atoms with van der Waals surface area (Å²) in [5, 5.41) is 8.53. The van der Waals surface area contributed by atoms with Gasteiger partial charge in [-0.05, 0) is 17.5 Å². The highest BCUT2D eigenvalue weighted by molar-refractivity contribution is 5.79. The van der Waals surface area contributed by atoms with E-state index in [1.54, 1.807) is 6.21 Å². The minimum atomic E-state index is 0.102. The highest BCUT2D eigenvalue weighted by Gasteiger charge is 1.89. The molecule has 2 heteroatoms. The second-order valence-electron chi connectivity index (χ2n) is 2.99. The lowest BCUT2D eigenvalue weighted by Crippen LogP contribution is -1.89. The molecule has 1 aromatic carbocycles. The Kier molecular flexibility index (Phi) is 4.65. The van der Waals surface area contributed by atoms with Crippen LogP contribution in [0.4, 0.5) is 0 Å². The van der Waals surface area contributed by atoms with Crippen LogP contribution in [-0.2, 0) is 6.42 Å². The van der Waals surface area contributed by atoms with Gasteiger partial charge in [0, 0.05) is 6.21 Å². The van der Waals surface area contributed by atoms with Gasteiger partial charge in [0.05, 0.1) is 13.2 Å². The molecule has 0 aliphatic carbocycles. The number of hydrogen-bond acceptors (Lipinski definition) is 2. The molecule has 0 atom stereocenters. The Labute approximate surface area is 84.6 Å². The fourth-order valence-electron chi connectivity index (χ4n) is 1.13. The number of benzene rings is 1. The maximum Gasteiger partial charge on any atom is 0.0626 e. The lowest BCUT2D eigenvalue weighted by molar-refractivity contribution is 0.307. The van der Waals surface area contributed by atoms with Gasteiger partial charge in [0.1, 0.15) is 0 Å². The molecule has 0 saturated carbocycles. The molecule has 0 aliphatic rings. The van der Waals surface area contributed by atoms with E-state index in [4.69, 9.17) is 5.11 Å². The van der Waals surface area contributed by atoms with E-state index in [0.717, 1.165) is 12.0 Å². The number of hydrogen-bond donors (Lipinski definition) is 1. The molecule has 1 N–H and O–H groups in total. The molecule has 0 unspecified atom stereocenters. The zero-order valence-corrected chi connectivity index (χ0v) is 8.19. The zero-order chi connectivity index (χ0) is 10.2. The number of aliphatic imine (C=N–C) groups is 1. The Balaban J connectivity index is 2.58. The fraction of sp³-hybridized carbons (Fsp3) is 0.250. The number of nitrogens with zero attached hydrogens (tertiary/aromatic N) is 1. The molecular weight excluding hydrogens is 174 g/mol. The molecule has 74 valence electrons. The molecule has 0 fully saturated rings. The van der Waals surface area contributed by atoms with Gasteiger partial charge >= 0.3 is 0 Å². The number of aliphatic hydroxyl groups excluding tert-OH is 1. The minimum absolute atomic E-state index is 0.102. The van der Waals surface area contributed by atoms with Crippen molar-refractivity contribution in [2.75, 3.05) is 13.2 Å². The Hall–Kier alpha value is -1.41. The molecule has 14 heavy (non-hydrogen) atoms. The van der Waals surface area contributed by atoms with Gasteiger partial charge in [-0.3, -0.25) is 4.99 Å². The summed E-state index contributed by atoms with van der Waals surface area (Å²) in [6.45, 7) is 4.25. The molecule has 0 heterocycles. The van der Waals surface area contributed by atoms with Gasteiger partial charge in [0.15, 0.2) is 0 Å². The fourth-order valence-corrected chi connectivity index (χ4v) is 1.13. The Morgan fingerprint density at radius 3 is 2.57 bits per heavy atom. The predicted molar refractivity (Wildman–Crippen MR) is 59.9 cm³/mol. The van der Waals surface area contributed by atoms with E-state index >= 15 is 0 Å². The first-order valence-corrected chi connectivity index (χ1v) is 4.67. The molecule has 0 amide bonds. The molecule has 1 aromatic rings. The van der Waals surface area contributed by atoms with Crippen LogP contribution in [0.25, 0.3) is 0 Å². The lowest BCUT2D eigenvalue weighted by Gasteiger charge is -1.97. The summed E-state index contributed by atoms with van der Waals surface area (Å²) in [6.07, 6.45) is 4.55. The monoisotopic (exact) mass is 189 g/mol. The highest BCUT2D eigenvalue weighted by Crippen LogP contribution is 2.03. The van der Waals surface area contributed by atoms with Crippen LogP contribution in [-0.4, -0.2) is 24.5 Å². The van der Waals surface area contributed by atoms with Gasteiger partial charge in [-0.15, -0.1) is 6.58 Å². The quantitative estimate of drug-likeness (QED) is 0.556. The maximum atomic E-state index is 8.53. The minimum Gasteiger partial charge on any atom is -0.394 e. The predicted octanol–water partition coefficient (Wildman–Crippen LogP) is 1.83. The summed E-state index contributed by atoms with van der Waals surface area (Å²) < 4.78 is 0.